The lowest BCUT2D eigenvalue weighted by Gasteiger charge is -2.16. The second-order valence-electron chi connectivity index (χ2n) is 6.91. The van der Waals surface area contributed by atoms with Crippen LogP contribution in [0.15, 0.2) is 48.5 Å². The molecular formula is C21H19ClN4O3. The second-order valence-corrected chi connectivity index (χ2v) is 7.34. The summed E-state index contributed by atoms with van der Waals surface area (Å²) < 4.78 is 1.45. The number of benzene rings is 2. The molecule has 8 heteroatoms. The van der Waals surface area contributed by atoms with Crippen molar-refractivity contribution in [3.63, 3.8) is 0 Å². The Morgan fingerprint density at radius 1 is 1.07 bits per heavy atom. The van der Waals surface area contributed by atoms with E-state index in [1.165, 1.54) is 4.68 Å². The molecule has 2 heterocycles. The minimum absolute atomic E-state index is 0.220. The van der Waals surface area contributed by atoms with Crippen molar-refractivity contribution in [2.45, 2.75) is 19.4 Å². The number of aromatic nitrogens is 3. The molecule has 0 bridgehead atoms. The van der Waals surface area contributed by atoms with Gasteiger partial charge in [-0.3, -0.25) is 9.69 Å². The maximum atomic E-state index is 13.1. The lowest BCUT2D eigenvalue weighted by Crippen LogP contribution is -2.22. The number of carboxylic acid groups (broad SMARTS) is 1. The molecule has 1 fully saturated rings. The Labute approximate surface area is 172 Å². The lowest BCUT2D eigenvalue weighted by atomic mass is 10.0. The fraction of sp³-hybridized carbons (Fsp3) is 0.238. The number of hydrogen-bond donors (Lipinski definition) is 1. The molecule has 3 aromatic rings. The lowest BCUT2D eigenvalue weighted by molar-refractivity contribution is 0.0683. The summed E-state index contributed by atoms with van der Waals surface area (Å²) in [5, 5.41) is 14.0. The molecule has 1 N–H and O–H groups in total. The van der Waals surface area contributed by atoms with Gasteiger partial charge in [-0.1, -0.05) is 41.9 Å². The molecule has 7 nitrogen and oxygen atoms in total. The molecule has 4 rings (SSSR count). The normalized spacial score (nSPS) is 14.2. The first-order valence-corrected chi connectivity index (χ1v) is 9.72. The van der Waals surface area contributed by atoms with Crippen LogP contribution in [0.25, 0.3) is 5.69 Å². The van der Waals surface area contributed by atoms with Crippen molar-refractivity contribution in [2.75, 3.05) is 13.1 Å². The fourth-order valence-electron chi connectivity index (χ4n) is 3.49. The topological polar surface area (TPSA) is 88.3 Å². The number of carbonyl (C=O) groups excluding carboxylic acids is 1. The Bertz CT molecular complexity index is 1060. The van der Waals surface area contributed by atoms with Crippen LogP contribution in [-0.2, 0) is 6.54 Å². The van der Waals surface area contributed by atoms with E-state index >= 15 is 0 Å². The Balaban J connectivity index is 1.82. The smallest absolute Gasteiger partial charge is 0.375 e. The molecule has 0 aliphatic carbocycles. The highest BCUT2D eigenvalue weighted by Crippen LogP contribution is 2.24. The monoisotopic (exact) mass is 410 g/mol. The van der Waals surface area contributed by atoms with Crippen LogP contribution in [0.2, 0.25) is 5.02 Å². The van der Waals surface area contributed by atoms with Crippen molar-refractivity contribution >= 4 is 23.4 Å². The van der Waals surface area contributed by atoms with Gasteiger partial charge in [-0.05, 0) is 44.1 Å². The van der Waals surface area contributed by atoms with Crippen molar-refractivity contribution in [1.29, 1.82) is 0 Å². The van der Waals surface area contributed by atoms with Crippen LogP contribution in [0.3, 0.4) is 0 Å². The fourth-order valence-corrected chi connectivity index (χ4v) is 3.66. The van der Waals surface area contributed by atoms with E-state index in [-0.39, 0.29) is 11.6 Å². The molecule has 2 aromatic carbocycles. The minimum Gasteiger partial charge on any atom is -0.475 e. The van der Waals surface area contributed by atoms with Gasteiger partial charge in [-0.25, -0.2) is 14.5 Å². The molecule has 1 saturated heterocycles. The third kappa shape index (κ3) is 4.06. The van der Waals surface area contributed by atoms with Gasteiger partial charge in [0.1, 0.15) is 5.82 Å². The number of carbonyl (C=O) groups is 2. The number of carboxylic acids is 1. The molecule has 1 aliphatic rings. The highest BCUT2D eigenvalue weighted by Gasteiger charge is 2.24. The first-order chi connectivity index (χ1) is 14.0. The number of likely N-dealkylation sites (tertiary alicyclic amines) is 1. The van der Waals surface area contributed by atoms with Crippen LogP contribution >= 0.6 is 11.6 Å². The van der Waals surface area contributed by atoms with E-state index in [4.69, 9.17) is 11.6 Å². The zero-order valence-corrected chi connectivity index (χ0v) is 16.3. The van der Waals surface area contributed by atoms with Gasteiger partial charge in [0.2, 0.25) is 0 Å². The quantitative estimate of drug-likeness (QED) is 0.626. The maximum absolute atomic E-state index is 13.1. The highest BCUT2D eigenvalue weighted by atomic mass is 35.5. The number of hydrogen-bond acceptors (Lipinski definition) is 5. The minimum atomic E-state index is -1.21. The molecule has 0 amide bonds. The summed E-state index contributed by atoms with van der Waals surface area (Å²) in [5.74, 6) is -1.25. The Morgan fingerprint density at radius 2 is 1.79 bits per heavy atom. The summed E-state index contributed by atoms with van der Waals surface area (Å²) in [5.41, 5.74) is 1.31. The Hall–Kier alpha value is -3.03. The largest absolute Gasteiger partial charge is 0.475 e. The molecule has 0 unspecified atom stereocenters. The van der Waals surface area contributed by atoms with E-state index in [2.05, 4.69) is 15.0 Å². The molecule has 0 saturated carbocycles. The van der Waals surface area contributed by atoms with Gasteiger partial charge < -0.3 is 5.11 Å². The Morgan fingerprint density at radius 3 is 2.48 bits per heavy atom. The molecule has 0 radical (unpaired) electrons. The zero-order valence-electron chi connectivity index (χ0n) is 15.6. The summed E-state index contributed by atoms with van der Waals surface area (Å²) in [7, 11) is 0. The van der Waals surface area contributed by atoms with Gasteiger partial charge in [0.25, 0.3) is 5.82 Å². The molecule has 1 aromatic heterocycles. The Kier molecular flexibility index (Phi) is 5.42. The summed E-state index contributed by atoms with van der Waals surface area (Å²) >= 11 is 6.17. The van der Waals surface area contributed by atoms with Gasteiger partial charge in [-0.15, -0.1) is 5.10 Å². The predicted molar refractivity (Wildman–Crippen MR) is 108 cm³/mol. The highest BCUT2D eigenvalue weighted by molar-refractivity contribution is 6.31. The van der Waals surface area contributed by atoms with Crippen LogP contribution in [0.1, 0.15) is 45.2 Å². The van der Waals surface area contributed by atoms with Gasteiger partial charge >= 0.3 is 5.97 Å². The van der Waals surface area contributed by atoms with Gasteiger partial charge in [0.05, 0.1) is 12.2 Å². The third-order valence-corrected chi connectivity index (χ3v) is 5.13. The molecule has 1 aliphatic heterocycles. The number of aromatic carboxylic acids is 1. The van der Waals surface area contributed by atoms with E-state index in [1.54, 1.807) is 42.5 Å². The van der Waals surface area contributed by atoms with Crippen molar-refractivity contribution in [3.05, 3.63) is 76.3 Å². The molecule has 148 valence electrons. The number of ketones is 1. The first-order valence-electron chi connectivity index (χ1n) is 9.34. The average molecular weight is 411 g/mol. The van der Waals surface area contributed by atoms with E-state index < -0.39 is 5.97 Å². The molecular weight excluding hydrogens is 392 g/mol. The van der Waals surface area contributed by atoms with E-state index in [0.29, 0.717) is 34.2 Å². The summed E-state index contributed by atoms with van der Waals surface area (Å²) in [6, 6.07) is 13.8. The zero-order chi connectivity index (χ0) is 20.4. The maximum Gasteiger partial charge on any atom is 0.375 e. The number of nitrogens with zero attached hydrogens (tertiary/aromatic N) is 4. The van der Waals surface area contributed by atoms with Crippen molar-refractivity contribution in [3.8, 4) is 5.69 Å². The van der Waals surface area contributed by atoms with Crippen LogP contribution < -0.4 is 0 Å². The average Bonchev–Trinajstić information content (AvgIpc) is 3.38. The standard InChI is InChI=1S/C21H19ClN4O3/c22-15-8-9-17(16(12-15)19(27)14-6-2-1-3-7-14)26-18(13-25-10-4-5-11-25)23-20(24-26)21(28)29/h1-3,6-9,12H,4-5,10-11,13H2,(H,28,29). The number of halogens is 1. The molecule has 0 atom stereocenters. The molecule has 0 spiro atoms. The second kappa shape index (κ2) is 8.14. The van der Waals surface area contributed by atoms with Crippen molar-refractivity contribution < 1.29 is 14.7 Å². The third-order valence-electron chi connectivity index (χ3n) is 4.90. The van der Waals surface area contributed by atoms with Crippen LogP contribution in [-0.4, -0.2) is 49.6 Å². The predicted octanol–water partition coefficient (Wildman–Crippen LogP) is 3.45. The SMILES string of the molecule is O=C(O)c1nc(CN2CCCC2)n(-c2ccc(Cl)cc2C(=O)c2ccccc2)n1. The van der Waals surface area contributed by atoms with E-state index in [1.807, 2.05) is 6.07 Å². The van der Waals surface area contributed by atoms with E-state index in [9.17, 15) is 14.7 Å². The molecule has 29 heavy (non-hydrogen) atoms. The van der Waals surface area contributed by atoms with Gasteiger partial charge in [-0.2, -0.15) is 0 Å². The first kappa shape index (κ1) is 19.3. The summed E-state index contributed by atoms with van der Waals surface area (Å²) in [4.78, 5) is 31.0. The number of rotatable bonds is 6. The summed E-state index contributed by atoms with van der Waals surface area (Å²) in [6.45, 7) is 2.30. The van der Waals surface area contributed by atoms with Crippen LogP contribution in [0.5, 0.6) is 0 Å². The van der Waals surface area contributed by atoms with Crippen LogP contribution in [0.4, 0.5) is 0 Å². The van der Waals surface area contributed by atoms with Gasteiger partial charge in [0.15, 0.2) is 5.78 Å². The van der Waals surface area contributed by atoms with Gasteiger partial charge in [0, 0.05) is 16.1 Å². The van der Waals surface area contributed by atoms with Crippen LogP contribution in [0, 0.1) is 0 Å². The van der Waals surface area contributed by atoms with Crippen molar-refractivity contribution in [2.24, 2.45) is 0 Å². The summed E-state index contributed by atoms with van der Waals surface area (Å²) in [6.07, 6.45) is 2.19. The van der Waals surface area contributed by atoms with Crippen molar-refractivity contribution in [1.82, 2.24) is 19.7 Å². The van der Waals surface area contributed by atoms with E-state index in [0.717, 1.165) is 25.9 Å².